The Morgan fingerprint density at radius 3 is 2.71 bits per heavy atom. The lowest BCUT2D eigenvalue weighted by molar-refractivity contribution is -0.134. The van der Waals surface area contributed by atoms with Crippen LogP contribution in [0, 0.1) is 16.7 Å². The lowest BCUT2D eigenvalue weighted by atomic mass is 9.68. The van der Waals surface area contributed by atoms with E-state index < -0.39 is 0 Å². The standard InChI is InChI=1S/C18H31NO2/c1-14-6-5-9-17(3,4)16(14)8-7-15(2)19-10-18(11-20)12-21-13-18/h6-8,15-16,19-20H,5,9-13H2,1-4H3/b8-7+. The van der Waals surface area contributed by atoms with Gasteiger partial charge in [0, 0.05) is 18.5 Å². The summed E-state index contributed by atoms with van der Waals surface area (Å²) in [4.78, 5) is 0. The molecule has 1 aliphatic heterocycles. The van der Waals surface area contributed by atoms with Crippen molar-refractivity contribution in [2.24, 2.45) is 16.7 Å². The third-order valence-electron chi connectivity index (χ3n) is 5.13. The first kappa shape index (κ1) is 16.7. The number of allylic oxidation sites excluding steroid dienone is 3. The summed E-state index contributed by atoms with van der Waals surface area (Å²) in [5.41, 5.74) is 1.79. The highest BCUT2D eigenvalue weighted by Crippen LogP contribution is 2.41. The summed E-state index contributed by atoms with van der Waals surface area (Å²) in [6, 6.07) is 0.319. The van der Waals surface area contributed by atoms with E-state index in [9.17, 15) is 5.11 Å². The Balaban J connectivity index is 1.87. The third-order valence-corrected chi connectivity index (χ3v) is 5.13. The minimum atomic E-state index is -0.0535. The van der Waals surface area contributed by atoms with Crippen LogP contribution in [0.1, 0.15) is 40.5 Å². The summed E-state index contributed by atoms with van der Waals surface area (Å²) < 4.78 is 5.23. The molecule has 0 amide bonds. The Morgan fingerprint density at radius 2 is 2.19 bits per heavy atom. The second-order valence-corrected chi connectivity index (χ2v) is 7.66. The first-order valence-corrected chi connectivity index (χ1v) is 8.16. The van der Waals surface area contributed by atoms with E-state index in [2.05, 4.69) is 51.2 Å². The number of hydrogen-bond donors (Lipinski definition) is 2. The fourth-order valence-corrected chi connectivity index (χ4v) is 3.35. The first-order chi connectivity index (χ1) is 9.88. The number of nitrogens with one attached hydrogen (secondary N) is 1. The summed E-state index contributed by atoms with van der Waals surface area (Å²) >= 11 is 0. The van der Waals surface area contributed by atoms with Crippen LogP contribution >= 0.6 is 0 Å². The molecule has 120 valence electrons. The van der Waals surface area contributed by atoms with Crippen molar-refractivity contribution in [3.8, 4) is 0 Å². The van der Waals surface area contributed by atoms with E-state index in [4.69, 9.17) is 4.74 Å². The first-order valence-electron chi connectivity index (χ1n) is 8.16. The molecule has 2 unspecified atom stereocenters. The van der Waals surface area contributed by atoms with Crippen LogP contribution in [0.5, 0.6) is 0 Å². The van der Waals surface area contributed by atoms with Gasteiger partial charge in [0.15, 0.2) is 0 Å². The molecule has 2 N–H and O–H groups in total. The van der Waals surface area contributed by atoms with E-state index in [1.54, 1.807) is 0 Å². The normalized spacial score (nSPS) is 29.0. The molecule has 3 nitrogen and oxygen atoms in total. The van der Waals surface area contributed by atoms with E-state index >= 15 is 0 Å². The van der Waals surface area contributed by atoms with Gasteiger partial charge in [0.05, 0.1) is 25.2 Å². The fourth-order valence-electron chi connectivity index (χ4n) is 3.35. The number of aliphatic hydroxyl groups excluding tert-OH is 1. The largest absolute Gasteiger partial charge is 0.396 e. The van der Waals surface area contributed by atoms with Gasteiger partial charge in [-0.25, -0.2) is 0 Å². The Morgan fingerprint density at radius 1 is 1.48 bits per heavy atom. The van der Waals surface area contributed by atoms with Gasteiger partial charge < -0.3 is 15.2 Å². The molecule has 21 heavy (non-hydrogen) atoms. The number of rotatable bonds is 6. The van der Waals surface area contributed by atoms with Gasteiger partial charge in [-0.1, -0.05) is 37.6 Å². The zero-order valence-corrected chi connectivity index (χ0v) is 14.0. The average Bonchev–Trinajstić information content (AvgIpc) is 2.36. The molecule has 0 aromatic rings. The lowest BCUT2D eigenvalue weighted by Crippen LogP contribution is -2.53. The Hall–Kier alpha value is -0.640. The van der Waals surface area contributed by atoms with Crippen molar-refractivity contribution < 1.29 is 9.84 Å². The topological polar surface area (TPSA) is 41.5 Å². The summed E-state index contributed by atoms with van der Waals surface area (Å²) in [5, 5.41) is 13.0. The molecular formula is C18H31NO2. The molecular weight excluding hydrogens is 262 g/mol. The van der Waals surface area contributed by atoms with Crippen LogP contribution in [0.25, 0.3) is 0 Å². The van der Waals surface area contributed by atoms with E-state index in [-0.39, 0.29) is 12.0 Å². The Kier molecular flexibility index (Phi) is 5.29. The van der Waals surface area contributed by atoms with Gasteiger partial charge in [0.25, 0.3) is 0 Å². The van der Waals surface area contributed by atoms with Crippen molar-refractivity contribution >= 4 is 0 Å². The molecule has 1 saturated heterocycles. The predicted octanol–water partition coefficient (Wildman–Crippen LogP) is 2.91. The van der Waals surface area contributed by atoms with E-state index in [0.717, 1.165) is 6.54 Å². The minimum Gasteiger partial charge on any atom is -0.396 e. The second kappa shape index (κ2) is 6.64. The van der Waals surface area contributed by atoms with Crippen LogP contribution < -0.4 is 5.32 Å². The summed E-state index contributed by atoms with van der Waals surface area (Å²) in [7, 11) is 0. The summed E-state index contributed by atoms with van der Waals surface area (Å²) in [5.74, 6) is 0.536. The van der Waals surface area contributed by atoms with Crippen molar-refractivity contribution in [2.75, 3.05) is 26.4 Å². The molecule has 0 bridgehead atoms. The molecule has 0 spiro atoms. The summed E-state index contributed by atoms with van der Waals surface area (Å²) in [6.45, 7) is 11.5. The second-order valence-electron chi connectivity index (χ2n) is 7.66. The molecule has 1 aliphatic carbocycles. The zero-order chi connectivity index (χ0) is 15.5. The van der Waals surface area contributed by atoms with E-state index in [0.29, 0.717) is 30.6 Å². The maximum atomic E-state index is 9.44. The van der Waals surface area contributed by atoms with Crippen molar-refractivity contribution in [2.45, 2.75) is 46.6 Å². The molecule has 1 fully saturated rings. The van der Waals surface area contributed by atoms with Gasteiger partial charge in [0.2, 0.25) is 0 Å². The highest BCUT2D eigenvalue weighted by Gasteiger charge is 2.37. The quantitative estimate of drug-likeness (QED) is 0.740. The van der Waals surface area contributed by atoms with Gasteiger partial charge >= 0.3 is 0 Å². The van der Waals surface area contributed by atoms with E-state index in [1.807, 2.05) is 0 Å². The molecule has 2 atom stereocenters. The van der Waals surface area contributed by atoms with Crippen LogP contribution in [0.2, 0.25) is 0 Å². The highest BCUT2D eigenvalue weighted by molar-refractivity contribution is 5.19. The molecule has 2 aliphatic rings. The van der Waals surface area contributed by atoms with Crippen LogP contribution in [-0.2, 0) is 4.74 Å². The van der Waals surface area contributed by atoms with Crippen molar-refractivity contribution in [1.82, 2.24) is 5.32 Å². The van der Waals surface area contributed by atoms with Gasteiger partial charge in [-0.05, 0) is 32.1 Å². The molecule has 0 saturated carbocycles. The monoisotopic (exact) mass is 293 g/mol. The van der Waals surface area contributed by atoms with Crippen molar-refractivity contribution in [1.29, 1.82) is 0 Å². The Labute approximate surface area is 129 Å². The Bertz CT molecular complexity index is 402. The smallest absolute Gasteiger partial charge is 0.0579 e. The molecule has 0 aromatic carbocycles. The van der Waals surface area contributed by atoms with Crippen LogP contribution in [0.4, 0.5) is 0 Å². The maximum absolute atomic E-state index is 9.44. The lowest BCUT2D eigenvalue weighted by Gasteiger charge is -2.40. The predicted molar refractivity (Wildman–Crippen MR) is 87.2 cm³/mol. The highest BCUT2D eigenvalue weighted by atomic mass is 16.5. The van der Waals surface area contributed by atoms with Gasteiger partial charge in [-0.15, -0.1) is 0 Å². The number of aliphatic hydroxyl groups is 1. The van der Waals surface area contributed by atoms with Crippen molar-refractivity contribution in [3.63, 3.8) is 0 Å². The van der Waals surface area contributed by atoms with Crippen LogP contribution in [0.15, 0.2) is 23.8 Å². The fraction of sp³-hybridized carbons (Fsp3) is 0.778. The average molecular weight is 293 g/mol. The molecule has 3 heteroatoms. The third kappa shape index (κ3) is 3.97. The molecule has 0 radical (unpaired) electrons. The van der Waals surface area contributed by atoms with Crippen LogP contribution in [0.3, 0.4) is 0 Å². The number of ether oxygens (including phenoxy) is 1. The molecule has 1 heterocycles. The van der Waals surface area contributed by atoms with Gasteiger partial charge in [-0.2, -0.15) is 0 Å². The molecule has 0 aromatic heterocycles. The van der Waals surface area contributed by atoms with Gasteiger partial charge in [0.1, 0.15) is 0 Å². The van der Waals surface area contributed by atoms with Crippen LogP contribution in [-0.4, -0.2) is 37.5 Å². The number of hydrogen-bond acceptors (Lipinski definition) is 3. The van der Waals surface area contributed by atoms with Gasteiger partial charge in [-0.3, -0.25) is 0 Å². The van der Waals surface area contributed by atoms with Crippen molar-refractivity contribution in [3.05, 3.63) is 23.8 Å². The maximum Gasteiger partial charge on any atom is 0.0579 e. The van der Waals surface area contributed by atoms with E-state index in [1.165, 1.54) is 18.4 Å². The molecule has 2 rings (SSSR count). The minimum absolute atomic E-state index is 0.0535. The SMILES string of the molecule is CC1=CCCC(C)(C)C1/C=C/C(C)NCC1(CO)COC1. The zero-order valence-electron chi connectivity index (χ0n) is 14.0. The summed E-state index contributed by atoms with van der Waals surface area (Å²) in [6.07, 6.45) is 9.48.